The Hall–Kier alpha value is -1.71. The molecule has 0 bridgehead atoms. The first-order chi connectivity index (χ1) is 11.0. The molecule has 1 aromatic carbocycles. The average molecular weight is 320 g/mol. The first-order valence-corrected chi connectivity index (χ1v) is 8.80. The van der Waals surface area contributed by atoms with Gasteiger partial charge in [-0.15, -0.1) is 0 Å². The molecule has 130 valence electrons. The number of hydrogen-bond donors (Lipinski definition) is 2. The summed E-state index contributed by atoms with van der Waals surface area (Å²) in [7, 11) is 0. The topological polar surface area (TPSA) is 64.3 Å². The zero-order valence-corrected chi connectivity index (χ0v) is 14.9. The van der Waals surface area contributed by atoms with Crippen molar-refractivity contribution in [3.63, 3.8) is 0 Å². The summed E-state index contributed by atoms with van der Waals surface area (Å²) >= 11 is 0. The minimum absolute atomic E-state index is 0.111. The number of benzene rings is 1. The maximum atomic E-state index is 11.8. The summed E-state index contributed by atoms with van der Waals surface area (Å²) in [5, 5.41) is 2.98. The number of nitrogen functional groups attached to an aromatic ring is 1. The van der Waals surface area contributed by atoms with Crippen molar-refractivity contribution in [3.05, 3.63) is 23.8 Å². The van der Waals surface area contributed by atoms with Crippen LogP contribution in [0, 0.1) is 5.92 Å². The van der Waals surface area contributed by atoms with E-state index in [0.29, 0.717) is 31.1 Å². The maximum Gasteiger partial charge on any atom is 0.220 e. The van der Waals surface area contributed by atoms with Gasteiger partial charge in [-0.25, -0.2) is 0 Å². The van der Waals surface area contributed by atoms with Crippen LogP contribution < -0.4 is 15.8 Å². The number of nitrogens with one attached hydrogen (secondary N) is 1. The number of rotatable bonds is 11. The van der Waals surface area contributed by atoms with Gasteiger partial charge in [0.25, 0.3) is 0 Å². The van der Waals surface area contributed by atoms with Crippen molar-refractivity contribution >= 4 is 11.6 Å². The fraction of sp³-hybridized carbons (Fsp3) is 0.632. The quantitative estimate of drug-likeness (QED) is 0.479. The molecule has 0 aromatic heterocycles. The number of unbranched alkanes of at least 4 members (excludes halogenated alkanes) is 3. The third-order valence-corrected chi connectivity index (χ3v) is 3.64. The summed E-state index contributed by atoms with van der Waals surface area (Å²) in [5.41, 5.74) is 7.73. The van der Waals surface area contributed by atoms with E-state index in [0.717, 1.165) is 24.3 Å². The molecule has 1 rings (SSSR count). The van der Waals surface area contributed by atoms with Gasteiger partial charge in [-0.05, 0) is 36.5 Å². The van der Waals surface area contributed by atoms with Gasteiger partial charge in [0.05, 0.1) is 12.3 Å². The van der Waals surface area contributed by atoms with Crippen LogP contribution in [0.3, 0.4) is 0 Å². The lowest BCUT2D eigenvalue weighted by Gasteiger charge is -2.12. The van der Waals surface area contributed by atoms with Crippen LogP contribution >= 0.6 is 0 Å². The van der Waals surface area contributed by atoms with Crippen molar-refractivity contribution in [2.75, 3.05) is 18.9 Å². The number of aryl methyl sites for hydroxylation is 1. The zero-order valence-electron chi connectivity index (χ0n) is 14.9. The monoisotopic (exact) mass is 320 g/mol. The Morgan fingerprint density at radius 3 is 2.70 bits per heavy atom. The van der Waals surface area contributed by atoms with Gasteiger partial charge >= 0.3 is 0 Å². The van der Waals surface area contributed by atoms with Crippen LogP contribution in [0.4, 0.5) is 5.69 Å². The number of nitrogens with two attached hydrogens (primary N) is 1. The lowest BCUT2D eigenvalue weighted by molar-refractivity contribution is -0.121. The van der Waals surface area contributed by atoms with E-state index in [1.54, 1.807) is 0 Å². The van der Waals surface area contributed by atoms with Crippen LogP contribution in [0.5, 0.6) is 5.75 Å². The highest BCUT2D eigenvalue weighted by atomic mass is 16.5. The van der Waals surface area contributed by atoms with E-state index >= 15 is 0 Å². The Kier molecular flexibility index (Phi) is 9.18. The molecule has 0 unspecified atom stereocenters. The van der Waals surface area contributed by atoms with Crippen LogP contribution in [-0.4, -0.2) is 19.1 Å². The summed E-state index contributed by atoms with van der Waals surface area (Å²) in [6.45, 7) is 7.83. The van der Waals surface area contributed by atoms with Gasteiger partial charge in [0.2, 0.25) is 5.91 Å². The van der Waals surface area contributed by atoms with E-state index in [2.05, 4.69) is 26.1 Å². The van der Waals surface area contributed by atoms with E-state index in [1.165, 1.54) is 19.3 Å². The standard InChI is InChI=1S/C19H32N2O2/c1-4-5-6-7-12-21-19(22)11-9-16-8-10-18(17(20)13-16)23-14-15(2)3/h8,10,13,15H,4-7,9,11-12,14,20H2,1-3H3,(H,21,22). The highest BCUT2D eigenvalue weighted by Crippen LogP contribution is 2.23. The second-order valence-corrected chi connectivity index (χ2v) is 6.49. The van der Waals surface area contributed by atoms with Crippen LogP contribution in [-0.2, 0) is 11.2 Å². The van der Waals surface area contributed by atoms with E-state index in [1.807, 2.05) is 18.2 Å². The SMILES string of the molecule is CCCCCCNC(=O)CCc1ccc(OCC(C)C)c(N)c1. The van der Waals surface area contributed by atoms with Gasteiger partial charge < -0.3 is 15.8 Å². The molecule has 0 atom stereocenters. The molecule has 4 nitrogen and oxygen atoms in total. The molecule has 0 aliphatic rings. The fourth-order valence-electron chi connectivity index (χ4n) is 2.27. The van der Waals surface area contributed by atoms with Gasteiger partial charge in [-0.3, -0.25) is 4.79 Å². The number of ether oxygens (including phenoxy) is 1. The minimum Gasteiger partial charge on any atom is -0.491 e. The fourth-order valence-corrected chi connectivity index (χ4v) is 2.27. The second-order valence-electron chi connectivity index (χ2n) is 6.49. The average Bonchev–Trinajstić information content (AvgIpc) is 2.51. The Morgan fingerprint density at radius 2 is 2.04 bits per heavy atom. The summed E-state index contributed by atoms with van der Waals surface area (Å²) in [5.74, 6) is 1.30. The highest BCUT2D eigenvalue weighted by molar-refractivity contribution is 5.76. The molecule has 4 heteroatoms. The van der Waals surface area contributed by atoms with E-state index in [4.69, 9.17) is 10.5 Å². The van der Waals surface area contributed by atoms with Gasteiger partial charge in [0, 0.05) is 13.0 Å². The Morgan fingerprint density at radius 1 is 1.26 bits per heavy atom. The molecule has 0 heterocycles. The number of hydrogen-bond acceptors (Lipinski definition) is 3. The zero-order chi connectivity index (χ0) is 17.1. The van der Waals surface area contributed by atoms with Gasteiger partial charge in [-0.1, -0.05) is 46.1 Å². The summed E-state index contributed by atoms with van der Waals surface area (Å²) in [6.07, 6.45) is 5.90. The van der Waals surface area contributed by atoms with Crippen molar-refractivity contribution < 1.29 is 9.53 Å². The molecular formula is C19H32N2O2. The lowest BCUT2D eigenvalue weighted by atomic mass is 10.1. The minimum atomic E-state index is 0.111. The molecule has 3 N–H and O–H groups in total. The molecule has 0 radical (unpaired) electrons. The first kappa shape index (κ1) is 19.3. The van der Waals surface area contributed by atoms with Crippen LogP contribution in [0.2, 0.25) is 0 Å². The van der Waals surface area contributed by atoms with Crippen molar-refractivity contribution in [2.24, 2.45) is 5.92 Å². The predicted molar refractivity (Wildman–Crippen MR) is 96.7 cm³/mol. The molecular weight excluding hydrogens is 288 g/mol. The van der Waals surface area contributed by atoms with Gasteiger partial charge in [0.15, 0.2) is 0 Å². The Bertz CT molecular complexity index is 472. The second kappa shape index (κ2) is 10.9. The van der Waals surface area contributed by atoms with Gasteiger partial charge in [0.1, 0.15) is 5.75 Å². The van der Waals surface area contributed by atoms with Crippen LogP contribution in [0.25, 0.3) is 0 Å². The van der Waals surface area contributed by atoms with E-state index in [9.17, 15) is 4.79 Å². The number of amides is 1. The largest absolute Gasteiger partial charge is 0.491 e. The van der Waals surface area contributed by atoms with Crippen LogP contribution in [0.15, 0.2) is 18.2 Å². The molecule has 0 aliphatic carbocycles. The highest BCUT2D eigenvalue weighted by Gasteiger charge is 2.06. The Balaban J connectivity index is 2.31. The van der Waals surface area contributed by atoms with Crippen molar-refractivity contribution in [1.82, 2.24) is 5.32 Å². The molecule has 0 saturated heterocycles. The molecule has 0 spiro atoms. The van der Waals surface area contributed by atoms with Gasteiger partial charge in [-0.2, -0.15) is 0 Å². The molecule has 1 aromatic rings. The third-order valence-electron chi connectivity index (χ3n) is 3.64. The molecule has 0 fully saturated rings. The number of carbonyl (C=O) groups is 1. The first-order valence-electron chi connectivity index (χ1n) is 8.80. The lowest BCUT2D eigenvalue weighted by Crippen LogP contribution is -2.24. The predicted octanol–water partition coefficient (Wildman–Crippen LogP) is 3.93. The van der Waals surface area contributed by atoms with Crippen molar-refractivity contribution in [3.8, 4) is 5.75 Å². The molecule has 23 heavy (non-hydrogen) atoms. The van der Waals surface area contributed by atoms with E-state index in [-0.39, 0.29) is 5.91 Å². The Labute approximate surface area is 140 Å². The van der Waals surface area contributed by atoms with E-state index < -0.39 is 0 Å². The van der Waals surface area contributed by atoms with Crippen LogP contribution in [0.1, 0.15) is 58.4 Å². The smallest absolute Gasteiger partial charge is 0.220 e. The van der Waals surface area contributed by atoms with Crippen molar-refractivity contribution in [2.45, 2.75) is 59.3 Å². The summed E-state index contributed by atoms with van der Waals surface area (Å²) in [6, 6.07) is 5.79. The maximum absolute atomic E-state index is 11.8. The number of anilines is 1. The third kappa shape index (κ3) is 8.48. The summed E-state index contributed by atoms with van der Waals surface area (Å²) < 4.78 is 5.66. The normalized spacial score (nSPS) is 10.8. The molecule has 1 amide bonds. The molecule has 0 aliphatic heterocycles. The van der Waals surface area contributed by atoms with Crippen molar-refractivity contribution in [1.29, 1.82) is 0 Å². The summed E-state index contributed by atoms with van der Waals surface area (Å²) in [4.78, 5) is 11.8. The molecule has 0 saturated carbocycles. The number of carbonyl (C=O) groups excluding carboxylic acids is 1.